The number of nitrogens with zero attached hydrogens (tertiary/aromatic N) is 1. The number of halogens is 1. The van der Waals surface area contributed by atoms with Gasteiger partial charge in [-0.15, -0.1) is 0 Å². The predicted octanol–water partition coefficient (Wildman–Crippen LogP) is 3.62. The van der Waals surface area contributed by atoms with Crippen LogP contribution in [0, 0.1) is 0 Å². The summed E-state index contributed by atoms with van der Waals surface area (Å²) < 4.78 is 0.914. The van der Waals surface area contributed by atoms with Crippen LogP contribution < -0.4 is 0 Å². The Morgan fingerprint density at radius 3 is 2.72 bits per heavy atom. The zero-order valence-electron chi connectivity index (χ0n) is 10.2. The Bertz CT molecular complexity index is 494. The molecule has 0 aliphatic carbocycles. The summed E-state index contributed by atoms with van der Waals surface area (Å²) in [6, 6.07) is 10.8. The van der Waals surface area contributed by atoms with Crippen LogP contribution in [-0.4, -0.2) is 23.3 Å². The van der Waals surface area contributed by atoms with Crippen LogP contribution in [-0.2, 0) is 4.79 Å². The Morgan fingerprint density at radius 2 is 1.94 bits per heavy atom. The average molecular weight is 353 g/mol. The van der Waals surface area contributed by atoms with Crippen LogP contribution in [0.1, 0.15) is 31.2 Å². The van der Waals surface area contributed by atoms with Gasteiger partial charge in [0.25, 0.3) is 0 Å². The Balaban J connectivity index is 2.07. The Kier molecular flexibility index (Phi) is 3.41. The molecule has 18 heavy (non-hydrogen) atoms. The van der Waals surface area contributed by atoms with Crippen molar-refractivity contribution in [3.8, 4) is 0 Å². The highest BCUT2D eigenvalue weighted by atomic mass is 127. The first-order valence-electron chi connectivity index (χ1n) is 6.52. The van der Waals surface area contributed by atoms with Crippen molar-refractivity contribution < 1.29 is 4.79 Å². The number of carbonyl (C=O) groups is 1. The van der Waals surface area contributed by atoms with E-state index in [0.717, 1.165) is 22.2 Å². The molecule has 3 rings (SSSR count). The van der Waals surface area contributed by atoms with Crippen LogP contribution in [0.3, 0.4) is 0 Å². The van der Waals surface area contributed by atoms with Crippen molar-refractivity contribution in [2.75, 3.05) is 6.54 Å². The van der Waals surface area contributed by atoms with E-state index in [9.17, 15) is 4.79 Å². The van der Waals surface area contributed by atoms with Crippen molar-refractivity contribution in [1.82, 2.24) is 4.90 Å². The molecule has 0 N–H and O–H groups in total. The highest BCUT2D eigenvalue weighted by Crippen LogP contribution is 2.38. The number of ketones is 1. The molecule has 2 aliphatic rings. The summed E-state index contributed by atoms with van der Waals surface area (Å²) in [5.41, 5.74) is 2.35. The van der Waals surface area contributed by atoms with E-state index in [-0.39, 0.29) is 0 Å². The number of fused-ring (bicyclic) bond motifs is 1. The number of Topliss-reactive ketones (excluding diaryl/α,β-unsaturated/α-hetero) is 1. The number of hydrogen-bond acceptors (Lipinski definition) is 2. The molecule has 1 aromatic carbocycles. The number of hydrogen-bond donors (Lipinski definition) is 0. The van der Waals surface area contributed by atoms with Gasteiger partial charge in [0.2, 0.25) is 0 Å². The predicted molar refractivity (Wildman–Crippen MR) is 81.4 cm³/mol. The fourth-order valence-electron chi connectivity index (χ4n) is 2.96. The number of benzene rings is 1. The van der Waals surface area contributed by atoms with Gasteiger partial charge in [0.05, 0.1) is 9.28 Å². The fourth-order valence-corrected chi connectivity index (χ4v) is 3.80. The molecule has 0 amide bonds. The molecule has 0 aromatic heterocycles. The molecule has 2 heterocycles. The van der Waals surface area contributed by atoms with Crippen LogP contribution in [0.25, 0.3) is 5.70 Å². The van der Waals surface area contributed by atoms with Gasteiger partial charge in [0.15, 0.2) is 5.78 Å². The highest BCUT2D eigenvalue weighted by Gasteiger charge is 2.34. The van der Waals surface area contributed by atoms with Gasteiger partial charge in [-0.2, -0.15) is 0 Å². The first kappa shape index (κ1) is 12.2. The van der Waals surface area contributed by atoms with Crippen LogP contribution in [0.15, 0.2) is 33.9 Å². The first-order valence-corrected chi connectivity index (χ1v) is 7.60. The number of allylic oxidation sites excluding steroid dienone is 1. The van der Waals surface area contributed by atoms with Gasteiger partial charge >= 0.3 is 0 Å². The fraction of sp³-hybridized carbons (Fsp3) is 0.400. The maximum absolute atomic E-state index is 12.1. The molecule has 0 saturated carbocycles. The van der Waals surface area contributed by atoms with Crippen molar-refractivity contribution >= 4 is 34.1 Å². The van der Waals surface area contributed by atoms with E-state index in [1.54, 1.807) is 0 Å². The lowest BCUT2D eigenvalue weighted by Gasteiger charge is -2.42. The van der Waals surface area contributed by atoms with Crippen LogP contribution in [0.2, 0.25) is 0 Å². The van der Waals surface area contributed by atoms with E-state index in [2.05, 4.69) is 39.6 Å². The maximum Gasteiger partial charge on any atom is 0.173 e. The van der Waals surface area contributed by atoms with E-state index >= 15 is 0 Å². The second-order valence-electron chi connectivity index (χ2n) is 5.00. The molecule has 3 heteroatoms. The zero-order valence-corrected chi connectivity index (χ0v) is 12.4. The molecular formula is C15H16INO. The topological polar surface area (TPSA) is 20.3 Å². The molecule has 2 aliphatic heterocycles. The van der Waals surface area contributed by atoms with Gasteiger partial charge in [0, 0.05) is 19.0 Å². The molecule has 1 atom stereocenters. The lowest BCUT2D eigenvalue weighted by Crippen LogP contribution is -2.43. The SMILES string of the molecule is O=C1CC2CCCCN2C(c2ccccc2)=C1I. The smallest absolute Gasteiger partial charge is 0.173 e. The second kappa shape index (κ2) is 5.03. The Labute approximate surface area is 121 Å². The normalized spacial score (nSPS) is 24.2. The monoisotopic (exact) mass is 353 g/mol. The average Bonchev–Trinajstić information content (AvgIpc) is 2.41. The number of rotatable bonds is 1. The number of carbonyl (C=O) groups excluding carboxylic acids is 1. The van der Waals surface area contributed by atoms with Crippen molar-refractivity contribution in [2.24, 2.45) is 0 Å². The zero-order chi connectivity index (χ0) is 12.5. The standard InChI is InChI=1S/C15H16INO/c16-14-13(18)10-12-8-4-5-9-17(12)15(14)11-6-2-1-3-7-11/h1-3,6-7,12H,4-5,8-10H2. The molecule has 0 spiro atoms. The molecular weight excluding hydrogens is 337 g/mol. The summed E-state index contributed by atoms with van der Waals surface area (Å²) in [7, 11) is 0. The lowest BCUT2D eigenvalue weighted by atomic mass is 9.91. The maximum atomic E-state index is 12.1. The summed E-state index contributed by atoms with van der Waals surface area (Å²) in [5.74, 6) is 0.317. The van der Waals surface area contributed by atoms with Gasteiger partial charge in [-0.3, -0.25) is 4.79 Å². The van der Waals surface area contributed by atoms with Gasteiger partial charge in [-0.1, -0.05) is 30.3 Å². The van der Waals surface area contributed by atoms with Gasteiger partial charge < -0.3 is 4.90 Å². The summed E-state index contributed by atoms with van der Waals surface area (Å²) in [5, 5.41) is 0. The first-order chi connectivity index (χ1) is 8.77. The third kappa shape index (κ3) is 2.09. The minimum Gasteiger partial charge on any atom is -0.367 e. The summed E-state index contributed by atoms with van der Waals surface area (Å²) in [4.78, 5) is 14.6. The molecule has 0 bridgehead atoms. The Morgan fingerprint density at radius 1 is 1.17 bits per heavy atom. The van der Waals surface area contributed by atoms with E-state index in [1.807, 2.05) is 18.2 Å². The van der Waals surface area contributed by atoms with Gasteiger partial charge in [-0.05, 0) is 47.4 Å². The summed E-state index contributed by atoms with van der Waals surface area (Å²) >= 11 is 2.23. The Hall–Kier alpha value is -0.840. The molecule has 1 unspecified atom stereocenters. The van der Waals surface area contributed by atoms with Crippen LogP contribution in [0.4, 0.5) is 0 Å². The lowest BCUT2D eigenvalue weighted by molar-refractivity contribution is -0.116. The molecule has 1 aromatic rings. The van der Waals surface area contributed by atoms with E-state index in [1.165, 1.54) is 18.4 Å². The van der Waals surface area contributed by atoms with Crippen molar-refractivity contribution in [3.63, 3.8) is 0 Å². The van der Waals surface area contributed by atoms with Crippen molar-refractivity contribution in [1.29, 1.82) is 0 Å². The molecule has 1 saturated heterocycles. The van der Waals surface area contributed by atoms with Crippen molar-refractivity contribution in [2.45, 2.75) is 31.7 Å². The highest BCUT2D eigenvalue weighted by molar-refractivity contribution is 14.1. The van der Waals surface area contributed by atoms with E-state index < -0.39 is 0 Å². The summed E-state index contributed by atoms with van der Waals surface area (Å²) in [6.07, 6.45) is 4.36. The van der Waals surface area contributed by atoms with Crippen molar-refractivity contribution in [3.05, 3.63) is 39.5 Å². The van der Waals surface area contributed by atoms with E-state index in [0.29, 0.717) is 18.2 Å². The molecule has 1 fully saturated rings. The molecule has 0 radical (unpaired) electrons. The largest absolute Gasteiger partial charge is 0.367 e. The minimum atomic E-state index is 0.317. The quantitative estimate of drug-likeness (QED) is 0.719. The molecule has 94 valence electrons. The third-order valence-corrected chi connectivity index (χ3v) is 4.95. The van der Waals surface area contributed by atoms with Crippen LogP contribution >= 0.6 is 22.6 Å². The molecule has 2 nitrogen and oxygen atoms in total. The third-order valence-electron chi connectivity index (χ3n) is 3.84. The van der Waals surface area contributed by atoms with Gasteiger partial charge in [-0.25, -0.2) is 0 Å². The van der Waals surface area contributed by atoms with E-state index in [4.69, 9.17) is 0 Å². The van der Waals surface area contributed by atoms with Crippen LogP contribution in [0.5, 0.6) is 0 Å². The van der Waals surface area contributed by atoms with Gasteiger partial charge in [0.1, 0.15) is 0 Å². The number of piperidine rings is 1. The minimum absolute atomic E-state index is 0.317. The summed E-state index contributed by atoms with van der Waals surface area (Å²) in [6.45, 7) is 1.09. The second-order valence-corrected chi connectivity index (χ2v) is 6.08.